The second-order valence-corrected chi connectivity index (χ2v) is 10.5. The number of carbonyl (C=O) groups is 2. The van der Waals surface area contributed by atoms with E-state index in [0.717, 1.165) is 27.7 Å². The number of hydrogen-bond acceptors (Lipinski definition) is 3. The number of carbonyl (C=O) groups excluding carboxylic acids is 2. The fraction of sp³-hybridized carbons (Fsp3) is 0.207. The summed E-state index contributed by atoms with van der Waals surface area (Å²) in [5.74, 6) is -1.02. The normalized spacial score (nSPS) is 12.3. The summed E-state index contributed by atoms with van der Waals surface area (Å²) in [4.78, 5) is 25.7. The van der Waals surface area contributed by atoms with Crippen LogP contribution in [-0.4, -0.2) is 28.6 Å². The predicted octanol–water partition coefficient (Wildman–Crippen LogP) is 6.86. The lowest BCUT2D eigenvalue weighted by Gasteiger charge is -2.20. The number of fused-ring (bicyclic) bond motifs is 1. The number of para-hydroxylation sites is 1. The van der Waals surface area contributed by atoms with E-state index in [0.29, 0.717) is 27.2 Å². The number of nitrogens with one attached hydrogen (secondary N) is 2. The molecule has 0 spiro atoms. The van der Waals surface area contributed by atoms with Crippen molar-refractivity contribution in [2.24, 2.45) is 11.0 Å². The van der Waals surface area contributed by atoms with Gasteiger partial charge >= 0.3 is 0 Å². The second-order valence-electron chi connectivity index (χ2n) is 9.25. The fourth-order valence-electron chi connectivity index (χ4n) is 4.27. The SMILES string of the molecule is Cc1c(C=NNC(=O)C(NC(=O)c2ccccc2Cl)C(C)C)c2ccccc2n1Cc1ccc(Cl)cc1Cl. The van der Waals surface area contributed by atoms with Crippen LogP contribution in [0.1, 0.15) is 41.0 Å². The maximum Gasteiger partial charge on any atom is 0.262 e. The number of halogens is 3. The summed E-state index contributed by atoms with van der Waals surface area (Å²) < 4.78 is 2.15. The van der Waals surface area contributed by atoms with Crippen LogP contribution in [0.5, 0.6) is 0 Å². The Morgan fingerprint density at radius 1 is 0.974 bits per heavy atom. The Kier molecular flexibility index (Phi) is 8.77. The maximum atomic E-state index is 13.0. The number of benzene rings is 3. The van der Waals surface area contributed by atoms with Crippen LogP contribution >= 0.6 is 34.8 Å². The van der Waals surface area contributed by atoms with E-state index in [4.69, 9.17) is 34.8 Å². The molecule has 1 atom stereocenters. The maximum absolute atomic E-state index is 13.0. The summed E-state index contributed by atoms with van der Waals surface area (Å²) in [5, 5.41) is 9.49. The first-order chi connectivity index (χ1) is 18.2. The molecule has 0 aliphatic rings. The van der Waals surface area contributed by atoms with Gasteiger partial charge in [-0.2, -0.15) is 5.10 Å². The third-order valence-electron chi connectivity index (χ3n) is 6.35. The molecule has 6 nitrogen and oxygen atoms in total. The lowest BCUT2D eigenvalue weighted by Crippen LogP contribution is -2.48. The molecule has 2 amide bonds. The first kappa shape index (κ1) is 27.7. The van der Waals surface area contributed by atoms with Crippen LogP contribution in [0.4, 0.5) is 0 Å². The lowest BCUT2D eigenvalue weighted by molar-refractivity contribution is -0.123. The molecule has 9 heteroatoms. The summed E-state index contributed by atoms with van der Waals surface area (Å²) in [6.45, 7) is 6.24. The van der Waals surface area contributed by atoms with E-state index in [1.165, 1.54) is 0 Å². The zero-order valence-corrected chi connectivity index (χ0v) is 23.4. The molecule has 0 fully saturated rings. The van der Waals surface area contributed by atoms with Gasteiger partial charge in [-0.3, -0.25) is 9.59 Å². The van der Waals surface area contributed by atoms with Crippen LogP contribution in [0.25, 0.3) is 10.9 Å². The van der Waals surface area contributed by atoms with E-state index in [-0.39, 0.29) is 5.92 Å². The Hall–Kier alpha value is -3.32. The van der Waals surface area contributed by atoms with Crippen molar-refractivity contribution in [3.05, 3.63) is 104 Å². The largest absolute Gasteiger partial charge is 0.340 e. The van der Waals surface area contributed by atoms with Gasteiger partial charge in [-0.25, -0.2) is 5.43 Å². The highest BCUT2D eigenvalue weighted by atomic mass is 35.5. The molecule has 0 saturated carbocycles. The first-order valence-corrected chi connectivity index (χ1v) is 13.2. The van der Waals surface area contributed by atoms with Gasteiger partial charge in [0.1, 0.15) is 6.04 Å². The molecule has 4 aromatic rings. The van der Waals surface area contributed by atoms with Crippen LogP contribution in [0.2, 0.25) is 15.1 Å². The van der Waals surface area contributed by atoms with E-state index < -0.39 is 17.9 Å². The number of hydrogen-bond donors (Lipinski definition) is 2. The smallest absolute Gasteiger partial charge is 0.262 e. The highest BCUT2D eigenvalue weighted by molar-refractivity contribution is 6.35. The average molecular weight is 570 g/mol. The number of amides is 2. The van der Waals surface area contributed by atoms with E-state index in [1.54, 1.807) is 36.5 Å². The third-order valence-corrected chi connectivity index (χ3v) is 7.26. The summed E-state index contributed by atoms with van der Waals surface area (Å²) in [6, 6.07) is 19.3. The molecule has 1 heterocycles. The van der Waals surface area contributed by atoms with Crippen molar-refractivity contribution < 1.29 is 9.59 Å². The molecule has 38 heavy (non-hydrogen) atoms. The third kappa shape index (κ3) is 6.04. The molecule has 3 aromatic carbocycles. The first-order valence-electron chi connectivity index (χ1n) is 12.1. The average Bonchev–Trinajstić information content (AvgIpc) is 3.14. The summed E-state index contributed by atoms with van der Waals surface area (Å²) in [6.07, 6.45) is 1.63. The van der Waals surface area contributed by atoms with Crippen molar-refractivity contribution >= 4 is 63.7 Å². The minimum atomic E-state index is -0.801. The van der Waals surface area contributed by atoms with Crippen LogP contribution in [0, 0.1) is 12.8 Å². The van der Waals surface area contributed by atoms with Gasteiger partial charge in [0.15, 0.2) is 0 Å². The van der Waals surface area contributed by atoms with Crippen molar-refractivity contribution in [3.63, 3.8) is 0 Å². The fourth-order valence-corrected chi connectivity index (χ4v) is 4.96. The van der Waals surface area contributed by atoms with Crippen LogP contribution in [0.3, 0.4) is 0 Å². The van der Waals surface area contributed by atoms with Crippen molar-refractivity contribution in [1.82, 2.24) is 15.3 Å². The molecule has 0 aliphatic carbocycles. The highest BCUT2D eigenvalue weighted by Crippen LogP contribution is 2.28. The summed E-state index contributed by atoms with van der Waals surface area (Å²) in [7, 11) is 0. The topological polar surface area (TPSA) is 75.5 Å². The zero-order valence-electron chi connectivity index (χ0n) is 21.1. The monoisotopic (exact) mass is 568 g/mol. The Morgan fingerprint density at radius 3 is 2.39 bits per heavy atom. The molecule has 4 rings (SSSR count). The van der Waals surface area contributed by atoms with Gasteiger partial charge in [0.2, 0.25) is 0 Å². The molecular formula is C29H27Cl3N4O2. The Bertz CT molecular complexity index is 1530. The van der Waals surface area contributed by atoms with Crippen LogP contribution in [0.15, 0.2) is 71.8 Å². The van der Waals surface area contributed by atoms with E-state index >= 15 is 0 Å². The van der Waals surface area contributed by atoms with Gasteiger partial charge in [-0.05, 0) is 48.7 Å². The molecule has 196 valence electrons. The molecule has 0 aliphatic heterocycles. The van der Waals surface area contributed by atoms with Gasteiger partial charge < -0.3 is 9.88 Å². The summed E-state index contributed by atoms with van der Waals surface area (Å²) in [5.41, 5.74) is 6.67. The number of nitrogens with zero attached hydrogens (tertiary/aromatic N) is 2. The number of rotatable bonds is 8. The molecule has 1 aromatic heterocycles. The quantitative estimate of drug-likeness (QED) is 0.180. The van der Waals surface area contributed by atoms with E-state index in [2.05, 4.69) is 20.4 Å². The Balaban J connectivity index is 1.55. The molecule has 1 unspecified atom stereocenters. The minimum absolute atomic E-state index is 0.176. The molecule has 0 bridgehead atoms. The number of aromatic nitrogens is 1. The van der Waals surface area contributed by atoms with Gasteiger partial charge in [-0.1, -0.05) is 85.0 Å². The van der Waals surface area contributed by atoms with E-state index in [9.17, 15) is 9.59 Å². The molecule has 0 saturated heterocycles. The second kappa shape index (κ2) is 12.0. The molecule has 2 N–H and O–H groups in total. The van der Waals surface area contributed by atoms with Crippen LogP contribution in [-0.2, 0) is 11.3 Å². The van der Waals surface area contributed by atoms with Crippen molar-refractivity contribution in [2.75, 3.05) is 0 Å². The van der Waals surface area contributed by atoms with Crippen LogP contribution < -0.4 is 10.7 Å². The minimum Gasteiger partial charge on any atom is -0.340 e. The lowest BCUT2D eigenvalue weighted by atomic mass is 10.0. The van der Waals surface area contributed by atoms with Crippen molar-refractivity contribution in [3.8, 4) is 0 Å². The Labute approximate surface area is 236 Å². The van der Waals surface area contributed by atoms with Gasteiger partial charge in [0.05, 0.1) is 16.8 Å². The van der Waals surface area contributed by atoms with Gasteiger partial charge in [-0.15, -0.1) is 0 Å². The summed E-state index contributed by atoms with van der Waals surface area (Å²) >= 11 is 18.7. The van der Waals surface area contributed by atoms with E-state index in [1.807, 2.05) is 57.2 Å². The van der Waals surface area contributed by atoms with Crippen molar-refractivity contribution in [1.29, 1.82) is 0 Å². The standard InChI is InChI=1S/C29H27Cl3N4O2/c1-17(2)27(34-28(37)22-9-4-6-10-24(22)31)29(38)35-33-15-23-18(3)36(26-11-7-5-8-21(23)26)16-19-12-13-20(30)14-25(19)32/h4-15,17,27H,16H2,1-3H3,(H,34,37)(H,35,38). The molecule has 0 radical (unpaired) electrons. The number of hydrazone groups is 1. The molecular weight excluding hydrogens is 543 g/mol. The highest BCUT2D eigenvalue weighted by Gasteiger charge is 2.25. The van der Waals surface area contributed by atoms with Crippen molar-refractivity contribution in [2.45, 2.75) is 33.4 Å². The Morgan fingerprint density at radius 2 is 1.68 bits per heavy atom. The predicted molar refractivity (Wildman–Crippen MR) is 156 cm³/mol. The zero-order chi connectivity index (χ0) is 27.4. The van der Waals surface area contributed by atoms with Gasteiger partial charge in [0, 0.05) is 38.8 Å². The van der Waals surface area contributed by atoms with Gasteiger partial charge in [0.25, 0.3) is 11.8 Å².